The second kappa shape index (κ2) is 8.74. The van der Waals surface area contributed by atoms with Crippen LogP contribution in [0.1, 0.15) is 39.1 Å². The molecule has 0 bridgehead atoms. The van der Waals surface area contributed by atoms with Gasteiger partial charge in [0.05, 0.1) is 0 Å². The topological polar surface area (TPSA) is 53.1 Å². The molecule has 0 unspecified atom stereocenters. The van der Waals surface area contributed by atoms with Crippen molar-refractivity contribution in [2.24, 2.45) is 0 Å². The van der Waals surface area contributed by atoms with Gasteiger partial charge in [-0.3, -0.25) is 0 Å². The van der Waals surface area contributed by atoms with Gasteiger partial charge in [-0.15, -0.1) is 0 Å². The van der Waals surface area contributed by atoms with Gasteiger partial charge in [0.15, 0.2) is 0 Å². The zero-order valence-electron chi connectivity index (χ0n) is 13.6. The average Bonchev–Trinajstić information content (AvgIpc) is 2.47. The van der Waals surface area contributed by atoms with Gasteiger partial charge in [0, 0.05) is 31.6 Å². The summed E-state index contributed by atoms with van der Waals surface area (Å²) in [6, 6.07) is 0. The molecule has 20 heavy (non-hydrogen) atoms. The summed E-state index contributed by atoms with van der Waals surface area (Å²) >= 11 is 0. The molecular weight excluding hydrogens is 250 g/mol. The Morgan fingerprint density at radius 3 is 2.05 bits per heavy atom. The second-order valence-corrected chi connectivity index (χ2v) is 4.80. The third-order valence-electron chi connectivity index (χ3n) is 3.47. The van der Waals surface area contributed by atoms with Gasteiger partial charge in [-0.2, -0.15) is 0 Å². The van der Waals surface area contributed by atoms with Crippen molar-refractivity contribution < 1.29 is 0 Å². The number of rotatable bonds is 9. The minimum atomic E-state index is 0.851. The van der Waals surface area contributed by atoms with Crippen LogP contribution < -0.4 is 10.6 Å². The quantitative estimate of drug-likeness (QED) is 0.727. The smallest absolute Gasteiger partial charge is 0.134 e. The third kappa shape index (κ3) is 4.63. The van der Waals surface area contributed by atoms with Crippen molar-refractivity contribution in [1.29, 1.82) is 0 Å². The zero-order valence-corrected chi connectivity index (χ0v) is 13.6. The van der Waals surface area contributed by atoms with Crippen LogP contribution in [-0.4, -0.2) is 47.6 Å². The summed E-state index contributed by atoms with van der Waals surface area (Å²) in [5, 5.41) is 6.76. The molecule has 1 heterocycles. The third-order valence-corrected chi connectivity index (χ3v) is 3.47. The van der Waals surface area contributed by atoms with Crippen LogP contribution in [-0.2, 0) is 6.42 Å². The predicted octanol–water partition coefficient (Wildman–Crippen LogP) is 2.53. The molecule has 0 saturated carbocycles. The molecule has 1 aromatic rings. The molecule has 0 aliphatic rings. The van der Waals surface area contributed by atoms with Crippen molar-refractivity contribution >= 4 is 11.6 Å². The van der Waals surface area contributed by atoms with E-state index in [2.05, 4.69) is 60.1 Å². The molecule has 114 valence electrons. The van der Waals surface area contributed by atoms with E-state index in [4.69, 9.17) is 0 Å². The van der Waals surface area contributed by atoms with E-state index in [1.54, 1.807) is 0 Å². The Hall–Kier alpha value is -1.36. The molecule has 0 aliphatic heterocycles. The van der Waals surface area contributed by atoms with Gasteiger partial charge in [-0.05, 0) is 26.9 Å². The lowest BCUT2D eigenvalue weighted by Crippen LogP contribution is -2.29. The molecule has 0 fully saturated rings. The molecule has 5 heteroatoms. The van der Waals surface area contributed by atoms with E-state index in [1.165, 1.54) is 0 Å². The van der Waals surface area contributed by atoms with Gasteiger partial charge in [-0.1, -0.05) is 20.8 Å². The van der Waals surface area contributed by atoms with Gasteiger partial charge >= 0.3 is 0 Å². The summed E-state index contributed by atoms with van der Waals surface area (Å²) in [5.41, 5.74) is 1.10. The van der Waals surface area contributed by atoms with E-state index in [1.807, 2.05) is 0 Å². The number of hydrogen-bond donors (Lipinski definition) is 2. The van der Waals surface area contributed by atoms with E-state index >= 15 is 0 Å². The molecular formula is C15H29N5. The second-order valence-electron chi connectivity index (χ2n) is 4.80. The number of nitrogens with one attached hydrogen (secondary N) is 2. The normalized spacial score (nSPS) is 10.9. The molecule has 5 nitrogen and oxygen atoms in total. The first-order chi connectivity index (χ1) is 9.65. The average molecular weight is 279 g/mol. The highest BCUT2D eigenvalue weighted by Gasteiger charge is 2.09. The lowest BCUT2D eigenvalue weighted by atomic mass is 10.3. The van der Waals surface area contributed by atoms with Crippen LogP contribution in [0.25, 0.3) is 0 Å². The molecule has 0 atom stereocenters. The standard InChI is InChI=1S/C15H29N5/c1-6-13-18-14(16-7-2)12(5)15(19-13)17-10-11-20(8-3)9-4/h6-11H2,1-5H3,(H2,16,17,18,19). The summed E-state index contributed by atoms with van der Waals surface area (Å²) in [5.74, 6) is 2.79. The first-order valence-corrected chi connectivity index (χ1v) is 7.73. The number of nitrogens with zero attached hydrogens (tertiary/aromatic N) is 3. The predicted molar refractivity (Wildman–Crippen MR) is 86.6 cm³/mol. The molecule has 1 aromatic heterocycles. The van der Waals surface area contributed by atoms with Gasteiger partial charge < -0.3 is 15.5 Å². The monoisotopic (exact) mass is 279 g/mol. The van der Waals surface area contributed by atoms with Crippen molar-refractivity contribution in [1.82, 2.24) is 14.9 Å². The summed E-state index contributed by atoms with van der Waals surface area (Å²) in [6.07, 6.45) is 0.851. The van der Waals surface area contributed by atoms with Gasteiger partial charge in [-0.25, -0.2) is 9.97 Å². The number of aryl methyl sites for hydroxylation is 1. The summed E-state index contributed by atoms with van der Waals surface area (Å²) in [6.45, 7) is 15.6. The van der Waals surface area contributed by atoms with E-state index < -0.39 is 0 Å². The molecule has 0 saturated heterocycles. The molecule has 0 amide bonds. The van der Waals surface area contributed by atoms with E-state index in [-0.39, 0.29) is 0 Å². The van der Waals surface area contributed by atoms with Crippen LogP contribution in [0.15, 0.2) is 0 Å². The van der Waals surface area contributed by atoms with Gasteiger partial charge in [0.25, 0.3) is 0 Å². The van der Waals surface area contributed by atoms with Crippen LogP contribution in [0.3, 0.4) is 0 Å². The Labute approximate surface area is 123 Å². The fourth-order valence-electron chi connectivity index (χ4n) is 2.11. The fourth-order valence-corrected chi connectivity index (χ4v) is 2.11. The van der Waals surface area contributed by atoms with Crippen LogP contribution >= 0.6 is 0 Å². The molecule has 0 aliphatic carbocycles. The molecule has 2 N–H and O–H groups in total. The Morgan fingerprint density at radius 2 is 1.55 bits per heavy atom. The maximum Gasteiger partial charge on any atom is 0.134 e. The highest BCUT2D eigenvalue weighted by Crippen LogP contribution is 2.19. The summed E-state index contributed by atoms with van der Waals surface area (Å²) in [7, 11) is 0. The van der Waals surface area contributed by atoms with Crippen molar-refractivity contribution in [3.8, 4) is 0 Å². The Balaban J connectivity index is 2.75. The number of anilines is 2. The molecule has 0 aromatic carbocycles. The van der Waals surface area contributed by atoms with Crippen molar-refractivity contribution in [3.05, 3.63) is 11.4 Å². The van der Waals surface area contributed by atoms with E-state index in [0.717, 1.165) is 62.2 Å². The Bertz CT molecular complexity index is 401. The first-order valence-electron chi connectivity index (χ1n) is 7.73. The molecule has 1 rings (SSSR count). The maximum atomic E-state index is 4.60. The van der Waals surface area contributed by atoms with Crippen LogP contribution in [0, 0.1) is 6.92 Å². The maximum absolute atomic E-state index is 4.60. The lowest BCUT2D eigenvalue weighted by molar-refractivity contribution is 0.316. The molecule has 0 spiro atoms. The minimum Gasteiger partial charge on any atom is -0.370 e. The largest absolute Gasteiger partial charge is 0.370 e. The Kier molecular flexibility index (Phi) is 7.30. The van der Waals surface area contributed by atoms with Crippen molar-refractivity contribution in [2.45, 2.75) is 41.0 Å². The van der Waals surface area contributed by atoms with Crippen LogP contribution in [0.5, 0.6) is 0 Å². The Morgan fingerprint density at radius 1 is 0.950 bits per heavy atom. The van der Waals surface area contributed by atoms with E-state index in [9.17, 15) is 0 Å². The lowest BCUT2D eigenvalue weighted by Gasteiger charge is -2.19. The van der Waals surface area contributed by atoms with Crippen LogP contribution in [0.2, 0.25) is 0 Å². The summed E-state index contributed by atoms with van der Waals surface area (Å²) < 4.78 is 0. The number of aromatic nitrogens is 2. The van der Waals surface area contributed by atoms with Gasteiger partial charge in [0.2, 0.25) is 0 Å². The van der Waals surface area contributed by atoms with Crippen molar-refractivity contribution in [3.63, 3.8) is 0 Å². The zero-order chi connectivity index (χ0) is 15.0. The van der Waals surface area contributed by atoms with Crippen LogP contribution in [0.4, 0.5) is 11.6 Å². The minimum absolute atomic E-state index is 0.851. The summed E-state index contributed by atoms with van der Waals surface area (Å²) in [4.78, 5) is 11.5. The first kappa shape index (κ1) is 16.7. The highest BCUT2D eigenvalue weighted by molar-refractivity contribution is 5.57. The fraction of sp³-hybridized carbons (Fsp3) is 0.733. The van der Waals surface area contributed by atoms with Crippen molar-refractivity contribution in [2.75, 3.05) is 43.4 Å². The van der Waals surface area contributed by atoms with E-state index in [0.29, 0.717) is 0 Å². The van der Waals surface area contributed by atoms with Gasteiger partial charge in [0.1, 0.15) is 17.5 Å². The number of hydrogen-bond acceptors (Lipinski definition) is 5. The number of likely N-dealkylation sites (N-methyl/N-ethyl adjacent to an activating group) is 1. The SMILES string of the molecule is CCNc1nc(CC)nc(NCCN(CC)CC)c1C. The highest BCUT2D eigenvalue weighted by atomic mass is 15.1. The molecule has 0 radical (unpaired) electrons.